The SMILES string of the molecule is CC(F)(F)C(=O)OC1CCCCC12SCC(COC(=O)C(F)(F)F)(COC(=O)C(F)(F)F)CS2. The lowest BCUT2D eigenvalue weighted by Gasteiger charge is -2.49. The molecule has 1 unspecified atom stereocenters. The summed E-state index contributed by atoms with van der Waals surface area (Å²) >= 11 is 1.94. The van der Waals surface area contributed by atoms with Gasteiger partial charge in [0.1, 0.15) is 19.3 Å². The first-order valence-corrected chi connectivity index (χ1v) is 11.7. The van der Waals surface area contributed by atoms with E-state index < -0.39 is 65.0 Å². The molecule has 0 aromatic heterocycles. The van der Waals surface area contributed by atoms with Crippen LogP contribution in [0.3, 0.4) is 0 Å². The molecule has 1 saturated carbocycles. The van der Waals surface area contributed by atoms with Gasteiger partial charge in [0.15, 0.2) is 0 Å². The van der Waals surface area contributed by atoms with Crippen LogP contribution in [0.5, 0.6) is 0 Å². The lowest BCUT2D eigenvalue weighted by atomic mass is 9.94. The Morgan fingerprint density at radius 3 is 1.71 bits per heavy atom. The van der Waals surface area contributed by atoms with Gasteiger partial charge in [-0.05, 0) is 19.3 Å². The van der Waals surface area contributed by atoms with Crippen LogP contribution in [0.1, 0.15) is 32.6 Å². The van der Waals surface area contributed by atoms with Crippen molar-refractivity contribution in [2.24, 2.45) is 5.41 Å². The Balaban J connectivity index is 2.18. The van der Waals surface area contributed by atoms with E-state index in [2.05, 4.69) is 9.47 Å². The van der Waals surface area contributed by atoms with Crippen LogP contribution in [0.4, 0.5) is 35.1 Å². The third kappa shape index (κ3) is 7.28. The Morgan fingerprint density at radius 1 is 0.824 bits per heavy atom. The highest BCUT2D eigenvalue weighted by atomic mass is 32.2. The number of halogens is 8. The highest BCUT2D eigenvalue weighted by Gasteiger charge is 2.54. The summed E-state index contributed by atoms with van der Waals surface area (Å²) in [4.78, 5) is 34.0. The lowest BCUT2D eigenvalue weighted by molar-refractivity contribution is -0.208. The van der Waals surface area contributed by atoms with E-state index in [9.17, 15) is 49.5 Å². The Bertz CT molecular complexity index is 740. The monoisotopic (exact) mass is 548 g/mol. The van der Waals surface area contributed by atoms with Crippen LogP contribution in [0.2, 0.25) is 0 Å². The van der Waals surface area contributed by atoms with Gasteiger partial charge in [-0.1, -0.05) is 6.42 Å². The zero-order valence-electron chi connectivity index (χ0n) is 17.5. The second kappa shape index (κ2) is 10.3. The van der Waals surface area contributed by atoms with Crippen LogP contribution in [0, 0.1) is 5.41 Å². The topological polar surface area (TPSA) is 78.9 Å². The first-order chi connectivity index (χ1) is 15.4. The fourth-order valence-electron chi connectivity index (χ4n) is 3.24. The van der Waals surface area contributed by atoms with Gasteiger partial charge in [0.05, 0.1) is 9.49 Å². The molecule has 196 valence electrons. The van der Waals surface area contributed by atoms with Gasteiger partial charge in [0.25, 0.3) is 0 Å². The van der Waals surface area contributed by atoms with E-state index in [0.717, 1.165) is 23.5 Å². The van der Waals surface area contributed by atoms with Gasteiger partial charge in [-0.25, -0.2) is 14.4 Å². The molecule has 0 aromatic rings. The van der Waals surface area contributed by atoms with E-state index in [-0.39, 0.29) is 17.9 Å². The van der Waals surface area contributed by atoms with Crippen LogP contribution < -0.4 is 0 Å². The maximum Gasteiger partial charge on any atom is 0.490 e. The number of ether oxygens (including phenoxy) is 3. The van der Waals surface area contributed by atoms with Crippen LogP contribution >= 0.6 is 23.5 Å². The molecule has 1 heterocycles. The first kappa shape index (κ1) is 28.8. The van der Waals surface area contributed by atoms with E-state index in [1.807, 2.05) is 0 Å². The smallest absolute Gasteiger partial charge is 0.458 e. The molecule has 1 aliphatic carbocycles. The summed E-state index contributed by atoms with van der Waals surface area (Å²) in [5.41, 5.74) is -1.64. The number of thioether (sulfide) groups is 2. The Kier molecular flexibility index (Phi) is 8.69. The first-order valence-electron chi connectivity index (χ1n) is 9.75. The predicted octanol–water partition coefficient (Wildman–Crippen LogP) is 4.50. The molecule has 16 heteroatoms. The van der Waals surface area contributed by atoms with E-state index >= 15 is 0 Å². The molecule has 1 aliphatic heterocycles. The molecule has 1 atom stereocenters. The molecule has 2 rings (SSSR count). The zero-order chi connectivity index (χ0) is 26.0. The van der Waals surface area contributed by atoms with Gasteiger partial charge in [-0.3, -0.25) is 0 Å². The third-order valence-corrected chi connectivity index (χ3v) is 9.20. The van der Waals surface area contributed by atoms with E-state index in [4.69, 9.17) is 4.74 Å². The van der Waals surface area contributed by atoms with E-state index in [0.29, 0.717) is 26.2 Å². The number of alkyl halides is 8. The Labute approximate surface area is 196 Å². The standard InChI is InChI=1S/C18H20F8O6S2/c1-14(19,20)11(27)32-10-4-2-3-5-16(10)33-8-15(9-34-16,6-30-12(28)17(21,22)23)7-31-13(29)18(24,25)26/h10H,2-9H2,1H3. The number of esters is 3. The average Bonchev–Trinajstić information content (AvgIpc) is 2.71. The van der Waals surface area contributed by atoms with Crippen molar-refractivity contribution in [1.82, 2.24) is 0 Å². The molecule has 2 fully saturated rings. The summed E-state index contributed by atoms with van der Waals surface area (Å²) in [6.07, 6.45) is -9.97. The molecule has 0 N–H and O–H groups in total. The molecule has 0 aromatic carbocycles. The predicted molar refractivity (Wildman–Crippen MR) is 103 cm³/mol. The van der Waals surface area contributed by atoms with Crippen molar-refractivity contribution in [3.8, 4) is 0 Å². The van der Waals surface area contributed by atoms with Gasteiger partial charge in [-0.2, -0.15) is 35.1 Å². The number of rotatable bonds is 6. The Morgan fingerprint density at radius 2 is 1.29 bits per heavy atom. The number of hydrogen-bond donors (Lipinski definition) is 0. The summed E-state index contributed by atoms with van der Waals surface area (Å²) < 4.78 is 114. The lowest BCUT2D eigenvalue weighted by Crippen LogP contribution is -2.52. The largest absolute Gasteiger partial charge is 0.490 e. The highest BCUT2D eigenvalue weighted by molar-refractivity contribution is 8.19. The van der Waals surface area contributed by atoms with E-state index in [1.54, 1.807) is 0 Å². The third-order valence-electron chi connectivity index (χ3n) is 5.07. The van der Waals surface area contributed by atoms with Crippen molar-refractivity contribution in [2.45, 2.75) is 61.1 Å². The van der Waals surface area contributed by atoms with Crippen LogP contribution in [0.25, 0.3) is 0 Å². The minimum atomic E-state index is -5.35. The molecule has 1 spiro atoms. The van der Waals surface area contributed by atoms with Gasteiger partial charge in [0, 0.05) is 18.4 Å². The second-order valence-corrected chi connectivity index (χ2v) is 10.9. The van der Waals surface area contributed by atoms with Gasteiger partial charge < -0.3 is 14.2 Å². The summed E-state index contributed by atoms with van der Waals surface area (Å²) in [5, 5.41) is 0. The Hall–Kier alpha value is -1.45. The van der Waals surface area contributed by atoms with Crippen molar-refractivity contribution < 1.29 is 63.7 Å². The summed E-state index contributed by atoms with van der Waals surface area (Å²) in [7, 11) is 0. The molecule has 34 heavy (non-hydrogen) atoms. The fourth-order valence-corrected chi connectivity index (χ4v) is 6.97. The maximum absolute atomic E-state index is 13.3. The minimum absolute atomic E-state index is 0.223. The zero-order valence-corrected chi connectivity index (χ0v) is 19.2. The van der Waals surface area contributed by atoms with E-state index in [1.165, 1.54) is 0 Å². The number of carbonyl (C=O) groups is 3. The van der Waals surface area contributed by atoms with Crippen LogP contribution in [-0.4, -0.2) is 71.1 Å². The summed E-state index contributed by atoms with van der Waals surface area (Å²) in [5.74, 6) is -11.2. The molecule has 6 nitrogen and oxygen atoms in total. The average molecular weight is 548 g/mol. The summed E-state index contributed by atoms with van der Waals surface area (Å²) in [6.45, 7) is -1.66. The van der Waals surface area contributed by atoms with Crippen molar-refractivity contribution in [2.75, 3.05) is 24.7 Å². The minimum Gasteiger partial charge on any atom is -0.458 e. The second-order valence-electron chi connectivity index (χ2n) is 8.07. The number of hydrogen-bond acceptors (Lipinski definition) is 8. The van der Waals surface area contributed by atoms with Crippen molar-refractivity contribution in [3.63, 3.8) is 0 Å². The normalized spacial score (nSPS) is 22.7. The molecular formula is C18H20F8O6S2. The molecule has 0 radical (unpaired) electrons. The molecule has 2 aliphatic rings. The molecule has 0 bridgehead atoms. The van der Waals surface area contributed by atoms with Crippen molar-refractivity contribution in [3.05, 3.63) is 0 Å². The molecule has 0 amide bonds. The molecular weight excluding hydrogens is 528 g/mol. The quantitative estimate of drug-likeness (QED) is 0.273. The summed E-state index contributed by atoms with van der Waals surface area (Å²) in [6, 6.07) is 0. The number of carbonyl (C=O) groups excluding carboxylic acids is 3. The van der Waals surface area contributed by atoms with Gasteiger partial charge >= 0.3 is 36.2 Å². The van der Waals surface area contributed by atoms with Gasteiger partial charge in [-0.15, -0.1) is 23.5 Å². The molecule has 1 saturated heterocycles. The van der Waals surface area contributed by atoms with Crippen LogP contribution in [-0.2, 0) is 28.6 Å². The van der Waals surface area contributed by atoms with Crippen molar-refractivity contribution in [1.29, 1.82) is 0 Å². The van der Waals surface area contributed by atoms with Crippen LogP contribution in [0.15, 0.2) is 0 Å². The maximum atomic E-state index is 13.3. The van der Waals surface area contributed by atoms with Gasteiger partial charge in [0.2, 0.25) is 0 Å². The fraction of sp³-hybridized carbons (Fsp3) is 0.833. The van der Waals surface area contributed by atoms with Crippen molar-refractivity contribution >= 4 is 41.4 Å². The highest BCUT2D eigenvalue weighted by Crippen LogP contribution is 2.56.